The topological polar surface area (TPSA) is 64.0 Å². The van der Waals surface area contributed by atoms with Gasteiger partial charge in [0.05, 0.1) is 0 Å². The van der Waals surface area contributed by atoms with Crippen LogP contribution in [0.5, 0.6) is 0 Å². The molecule has 0 amide bonds. The van der Waals surface area contributed by atoms with Gasteiger partial charge in [0.1, 0.15) is 10.6 Å². The van der Waals surface area contributed by atoms with E-state index in [2.05, 4.69) is 9.82 Å². The lowest BCUT2D eigenvalue weighted by atomic mass is 10.2. The van der Waals surface area contributed by atoms with Crippen molar-refractivity contribution in [3.8, 4) is 11.3 Å². The van der Waals surface area contributed by atoms with E-state index >= 15 is 0 Å². The molecule has 114 valence electrons. The van der Waals surface area contributed by atoms with E-state index in [-0.39, 0.29) is 17.0 Å². The molecule has 0 atom stereocenters. The van der Waals surface area contributed by atoms with E-state index in [9.17, 15) is 8.42 Å². The van der Waals surface area contributed by atoms with Crippen molar-refractivity contribution in [3.05, 3.63) is 36.5 Å². The molecule has 5 nitrogen and oxygen atoms in total. The van der Waals surface area contributed by atoms with Gasteiger partial charge in [-0.2, -0.15) is 5.10 Å². The van der Waals surface area contributed by atoms with Crippen LogP contribution in [0, 0.1) is 0 Å². The highest BCUT2D eigenvalue weighted by Crippen LogP contribution is 2.27. The van der Waals surface area contributed by atoms with Crippen LogP contribution in [0.15, 0.2) is 41.4 Å². The van der Waals surface area contributed by atoms with Crippen LogP contribution in [-0.4, -0.2) is 24.2 Å². The second kappa shape index (κ2) is 5.99. The first kappa shape index (κ1) is 15.7. The van der Waals surface area contributed by atoms with Gasteiger partial charge in [-0.05, 0) is 27.7 Å². The van der Waals surface area contributed by atoms with Crippen LogP contribution in [-0.2, 0) is 10.0 Å². The van der Waals surface area contributed by atoms with Gasteiger partial charge in [0, 0.05) is 23.8 Å². The lowest BCUT2D eigenvalue weighted by Gasteiger charge is -2.09. The molecule has 2 rings (SSSR count). The summed E-state index contributed by atoms with van der Waals surface area (Å²) in [6, 6.07) is 9.29. The maximum absolute atomic E-state index is 12.5. The van der Waals surface area contributed by atoms with Crippen molar-refractivity contribution in [1.29, 1.82) is 0 Å². The summed E-state index contributed by atoms with van der Waals surface area (Å²) in [7, 11) is -3.58. The maximum atomic E-state index is 12.5. The summed E-state index contributed by atoms with van der Waals surface area (Å²) in [4.78, 5) is 0.219. The molecular formula is C15H21N3O2S. The minimum atomic E-state index is -3.58. The van der Waals surface area contributed by atoms with E-state index in [1.54, 1.807) is 24.7 Å². The summed E-state index contributed by atoms with van der Waals surface area (Å²) in [5.74, 6) is 0. The monoisotopic (exact) mass is 307 g/mol. The highest BCUT2D eigenvalue weighted by Gasteiger charge is 2.24. The molecule has 2 aromatic rings. The highest BCUT2D eigenvalue weighted by molar-refractivity contribution is 7.89. The summed E-state index contributed by atoms with van der Waals surface area (Å²) in [6.45, 7) is 7.53. The first-order valence-electron chi connectivity index (χ1n) is 6.98. The summed E-state index contributed by atoms with van der Waals surface area (Å²) in [5, 5.41) is 4.45. The second-order valence-corrected chi connectivity index (χ2v) is 7.24. The zero-order valence-corrected chi connectivity index (χ0v) is 13.6. The molecule has 0 unspecified atom stereocenters. The van der Waals surface area contributed by atoms with Gasteiger partial charge in [-0.25, -0.2) is 13.1 Å². The third kappa shape index (κ3) is 3.51. The van der Waals surface area contributed by atoms with Crippen molar-refractivity contribution in [2.24, 2.45) is 0 Å². The van der Waals surface area contributed by atoms with Gasteiger partial charge in [-0.15, -0.1) is 0 Å². The Morgan fingerprint density at radius 2 is 1.71 bits per heavy atom. The molecule has 0 aliphatic carbocycles. The summed E-state index contributed by atoms with van der Waals surface area (Å²) >= 11 is 0. The van der Waals surface area contributed by atoms with Crippen molar-refractivity contribution in [2.45, 2.75) is 44.7 Å². The van der Waals surface area contributed by atoms with Gasteiger partial charge < -0.3 is 0 Å². The van der Waals surface area contributed by atoms with Crippen molar-refractivity contribution >= 4 is 10.0 Å². The van der Waals surface area contributed by atoms with Crippen LogP contribution in [0.3, 0.4) is 0 Å². The van der Waals surface area contributed by atoms with Gasteiger partial charge >= 0.3 is 0 Å². The number of hydrogen-bond acceptors (Lipinski definition) is 3. The Morgan fingerprint density at radius 1 is 1.10 bits per heavy atom. The zero-order valence-electron chi connectivity index (χ0n) is 12.7. The van der Waals surface area contributed by atoms with Crippen molar-refractivity contribution in [2.75, 3.05) is 0 Å². The lowest BCUT2D eigenvalue weighted by Crippen LogP contribution is -2.30. The fourth-order valence-electron chi connectivity index (χ4n) is 2.01. The zero-order chi connectivity index (χ0) is 15.6. The van der Waals surface area contributed by atoms with Gasteiger partial charge in [-0.3, -0.25) is 4.68 Å². The Labute approximate surface area is 126 Å². The highest BCUT2D eigenvalue weighted by atomic mass is 32.2. The van der Waals surface area contributed by atoms with Gasteiger partial charge in [0.15, 0.2) is 0 Å². The van der Waals surface area contributed by atoms with Crippen LogP contribution in [0.2, 0.25) is 0 Å². The smallest absolute Gasteiger partial charge is 0.244 e. The lowest BCUT2D eigenvalue weighted by molar-refractivity contribution is 0.531. The number of benzene rings is 1. The molecule has 1 aromatic carbocycles. The predicted molar refractivity (Wildman–Crippen MR) is 83.5 cm³/mol. The first-order valence-corrected chi connectivity index (χ1v) is 8.46. The number of sulfonamides is 1. The Morgan fingerprint density at radius 3 is 2.24 bits per heavy atom. The van der Waals surface area contributed by atoms with Gasteiger partial charge in [-0.1, -0.05) is 30.3 Å². The van der Waals surface area contributed by atoms with Crippen molar-refractivity contribution < 1.29 is 8.42 Å². The molecule has 0 aliphatic rings. The number of hydrogen-bond donors (Lipinski definition) is 1. The van der Waals surface area contributed by atoms with E-state index in [0.29, 0.717) is 5.69 Å². The molecule has 0 spiro atoms. The maximum Gasteiger partial charge on any atom is 0.244 e. The Balaban J connectivity index is 2.59. The molecule has 0 saturated heterocycles. The number of aromatic nitrogens is 2. The Hall–Kier alpha value is -1.66. The minimum Gasteiger partial charge on any atom is -0.268 e. The Kier molecular flexibility index (Phi) is 4.49. The summed E-state index contributed by atoms with van der Waals surface area (Å²) < 4.78 is 29.3. The molecule has 0 fully saturated rings. The van der Waals surface area contributed by atoms with E-state index in [4.69, 9.17) is 0 Å². The normalized spacial score (nSPS) is 12.3. The molecule has 1 heterocycles. The molecular weight excluding hydrogens is 286 g/mol. The number of nitrogens with zero attached hydrogens (tertiary/aromatic N) is 2. The predicted octanol–water partition coefficient (Wildman–Crippen LogP) is 2.82. The molecule has 1 aromatic heterocycles. The quantitative estimate of drug-likeness (QED) is 0.924. The second-order valence-electron chi connectivity index (χ2n) is 5.56. The fraction of sp³-hybridized carbons (Fsp3) is 0.400. The summed E-state index contributed by atoms with van der Waals surface area (Å²) in [6.07, 6.45) is 1.59. The Bertz CT molecular complexity index is 704. The van der Waals surface area contributed by atoms with E-state index in [1.165, 1.54) is 0 Å². The fourth-order valence-corrected chi connectivity index (χ4v) is 3.41. The van der Waals surface area contributed by atoms with Gasteiger partial charge in [0.25, 0.3) is 0 Å². The molecule has 0 radical (unpaired) electrons. The average molecular weight is 307 g/mol. The molecule has 21 heavy (non-hydrogen) atoms. The molecule has 1 N–H and O–H groups in total. The van der Waals surface area contributed by atoms with Crippen LogP contribution >= 0.6 is 0 Å². The van der Waals surface area contributed by atoms with E-state index in [1.807, 2.05) is 44.2 Å². The standard InChI is InChI=1S/C15H21N3O2S/c1-11(2)17-21(19,20)14-10-18(12(3)4)16-15(14)13-8-6-5-7-9-13/h5-12,17H,1-4H3. The molecule has 0 aliphatic heterocycles. The SMILES string of the molecule is CC(C)NS(=O)(=O)c1cn(C(C)C)nc1-c1ccccc1. The van der Waals surface area contributed by atoms with Gasteiger partial charge in [0.2, 0.25) is 10.0 Å². The molecule has 0 saturated carbocycles. The third-order valence-corrected chi connectivity index (χ3v) is 4.61. The molecule has 6 heteroatoms. The first-order chi connectivity index (χ1) is 9.81. The largest absolute Gasteiger partial charge is 0.268 e. The van der Waals surface area contributed by atoms with E-state index in [0.717, 1.165) is 5.56 Å². The van der Waals surface area contributed by atoms with Crippen LogP contribution < -0.4 is 4.72 Å². The third-order valence-electron chi connectivity index (χ3n) is 2.96. The van der Waals surface area contributed by atoms with E-state index < -0.39 is 10.0 Å². The van der Waals surface area contributed by atoms with Crippen molar-refractivity contribution in [1.82, 2.24) is 14.5 Å². The van der Waals surface area contributed by atoms with Crippen molar-refractivity contribution in [3.63, 3.8) is 0 Å². The van der Waals surface area contributed by atoms with Crippen LogP contribution in [0.4, 0.5) is 0 Å². The minimum absolute atomic E-state index is 0.0930. The number of nitrogens with one attached hydrogen (secondary N) is 1. The summed E-state index contributed by atoms with van der Waals surface area (Å²) in [5.41, 5.74) is 1.28. The molecule has 0 bridgehead atoms. The average Bonchev–Trinajstić information content (AvgIpc) is 2.84. The van der Waals surface area contributed by atoms with Crippen LogP contribution in [0.1, 0.15) is 33.7 Å². The van der Waals surface area contributed by atoms with Crippen LogP contribution in [0.25, 0.3) is 11.3 Å². The number of rotatable bonds is 5.